The van der Waals surface area contributed by atoms with E-state index in [1.54, 1.807) is 7.11 Å². The van der Waals surface area contributed by atoms with Crippen molar-refractivity contribution in [1.29, 1.82) is 0 Å². The van der Waals surface area contributed by atoms with Crippen LogP contribution in [0.25, 0.3) is 0 Å². The van der Waals surface area contributed by atoms with E-state index in [1.165, 1.54) is 4.90 Å². The molecule has 0 spiro atoms. The van der Waals surface area contributed by atoms with Crippen molar-refractivity contribution in [1.82, 2.24) is 9.80 Å². The zero-order chi connectivity index (χ0) is 15.5. The van der Waals surface area contributed by atoms with Crippen molar-refractivity contribution >= 4 is 15.9 Å². The van der Waals surface area contributed by atoms with Gasteiger partial charge in [-0.2, -0.15) is 13.2 Å². The van der Waals surface area contributed by atoms with Crippen molar-refractivity contribution < 1.29 is 17.9 Å². The molecule has 1 aromatic rings. The third kappa shape index (κ3) is 5.16. The summed E-state index contributed by atoms with van der Waals surface area (Å²) in [4.78, 5) is 3.60. The van der Waals surface area contributed by atoms with E-state index in [0.717, 1.165) is 15.8 Å². The number of alkyl halides is 3. The first kappa shape index (κ1) is 16.6. The van der Waals surface area contributed by atoms with Gasteiger partial charge in [-0.05, 0) is 18.2 Å². The van der Waals surface area contributed by atoms with E-state index in [9.17, 15) is 13.2 Å². The highest BCUT2D eigenvalue weighted by Crippen LogP contribution is 2.25. The third-order valence-corrected chi connectivity index (χ3v) is 4.00. The molecule has 21 heavy (non-hydrogen) atoms. The standard InChI is InChI=1S/C14H18BrF3N2O/c1-21-13-3-2-12(15)8-11(13)9-19-4-6-20(7-5-19)10-14(16,17)18/h2-3,8H,4-7,9-10H2,1H3. The van der Waals surface area contributed by atoms with Crippen LogP contribution in [0.4, 0.5) is 13.2 Å². The maximum Gasteiger partial charge on any atom is 0.401 e. The average molecular weight is 367 g/mol. The molecule has 0 saturated carbocycles. The quantitative estimate of drug-likeness (QED) is 0.813. The van der Waals surface area contributed by atoms with Crippen LogP contribution in [0.1, 0.15) is 5.56 Å². The predicted molar refractivity (Wildman–Crippen MR) is 78.5 cm³/mol. The fourth-order valence-corrected chi connectivity index (χ4v) is 2.88. The number of methoxy groups -OCH3 is 1. The Hall–Kier alpha value is -0.790. The number of benzene rings is 1. The molecule has 0 amide bonds. The minimum absolute atomic E-state index is 0.440. The van der Waals surface area contributed by atoms with Crippen molar-refractivity contribution in [2.75, 3.05) is 39.8 Å². The normalized spacial score (nSPS) is 18.0. The van der Waals surface area contributed by atoms with Crippen LogP contribution in [0, 0.1) is 0 Å². The lowest BCUT2D eigenvalue weighted by Gasteiger charge is -2.35. The summed E-state index contributed by atoms with van der Waals surface area (Å²) < 4.78 is 43.3. The second kappa shape index (κ2) is 6.98. The smallest absolute Gasteiger partial charge is 0.401 e. The van der Waals surface area contributed by atoms with Gasteiger partial charge < -0.3 is 4.74 Å². The number of rotatable bonds is 4. The van der Waals surface area contributed by atoms with Crippen LogP contribution >= 0.6 is 15.9 Å². The van der Waals surface area contributed by atoms with Crippen molar-refractivity contribution in [3.8, 4) is 5.75 Å². The summed E-state index contributed by atoms with van der Waals surface area (Å²) in [6.07, 6.45) is -4.12. The molecular formula is C14H18BrF3N2O. The molecule has 0 aliphatic carbocycles. The molecular weight excluding hydrogens is 349 g/mol. The van der Waals surface area contributed by atoms with Crippen molar-refractivity contribution in [2.45, 2.75) is 12.7 Å². The van der Waals surface area contributed by atoms with Crippen LogP contribution in [-0.4, -0.2) is 55.8 Å². The molecule has 3 nitrogen and oxygen atoms in total. The number of hydrogen-bond donors (Lipinski definition) is 0. The van der Waals surface area contributed by atoms with E-state index in [0.29, 0.717) is 32.7 Å². The highest BCUT2D eigenvalue weighted by molar-refractivity contribution is 9.10. The van der Waals surface area contributed by atoms with E-state index in [1.807, 2.05) is 18.2 Å². The van der Waals surface area contributed by atoms with Gasteiger partial charge in [0.25, 0.3) is 0 Å². The molecule has 1 heterocycles. The average Bonchev–Trinajstić information content (AvgIpc) is 2.40. The van der Waals surface area contributed by atoms with Crippen LogP contribution in [0.3, 0.4) is 0 Å². The Morgan fingerprint density at radius 1 is 1.14 bits per heavy atom. The fraction of sp³-hybridized carbons (Fsp3) is 0.571. The monoisotopic (exact) mass is 366 g/mol. The highest BCUT2D eigenvalue weighted by atomic mass is 79.9. The third-order valence-electron chi connectivity index (χ3n) is 3.50. The Bertz CT molecular complexity index is 474. The van der Waals surface area contributed by atoms with Crippen molar-refractivity contribution in [3.63, 3.8) is 0 Å². The molecule has 0 radical (unpaired) electrons. The molecule has 7 heteroatoms. The van der Waals surface area contributed by atoms with Gasteiger partial charge in [-0.15, -0.1) is 0 Å². The zero-order valence-electron chi connectivity index (χ0n) is 11.8. The van der Waals surface area contributed by atoms with E-state index < -0.39 is 12.7 Å². The van der Waals surface area contributed by atoms with E-state index in [4.69, 9.17) is 4.74 Å². The SMILES string of the molecule is COc1ccc(Br)cc1CN1CCN(CC(F)(F)F)CC1. The number of ether oxygens (including phenoxy) is 1. The van der Waals surface area contributed by atoms with Gasteiger partial charge in [0.05, 0.1) is 13.7 Å². The van der Waals surface area contributed by atoms with Gasteiger partial charge in [0.15, 0.2) is 0 Å². The molecule has 0 atom stereocenters. The molecule has 0 unspecified atom stereocenters. The van der Waals surface area contributed by atoms with Gasteiger partial charge in [-0.1, -0.05) is 15.9 Å². The molecule has 1 aliphatic heterocycles. The largest absolute Gasteiger partial charge is 0.496 e. The first-order valence-corrected chi connectivity index (χ1v) is 7.50. The van der Waals surface area contributed by atoms with Crippen molar-refractivity contribution in [2.24, 2.45) is 0 Å². The van der Waals surface area contributed by atoms with Crippen molar-refractivity contribution in [3.05, 3.63) is 28.2 Å². The molecule has 1 aromatic carbocycles. The minimum Gasteiger partial charge on any atom is -0.496 e. The summed E-state index contributed by atoms with van der Waals surface area (Å²) >= 11 is 3.43. The number of piperazine rings is 1. The van der Waals surface area contributed by atoms with E-state index in [2.05, 4.69) is 20.8 Å². The highest BCUT2D eigenvalue weighted by Gasteiger charge is 2.32. The maximum atomic E-state index is 12.4. The van der Waals surface area contributed by atoms with Gasteiger partial charge in [0.2, 0.25) is 0 Å². The summed E-state index contributed by atoms with van der Waals surface area (Å²) in [6, 6.07) is 5.78. The Balaban J connectivity index is 1.90. The van der Waals surface area contributed by atoms with Crippen LogP contribution in [0.5, 0.6) is 5.75 Å². The molecule has 1 aliphatic rings. The predicted octanol–water partition coefficient (Wildman–Crippen LogP) is 3.14. The summed E-state index contributed by atoms with van der Waals surface area (Å²) in [5.41, 5.74) is 1.04. The summed E-state index contributed by atoms with van der Waals surface area (Å²) in [5, 5.41) is 0. The van der Waals surface area contributed by atoms with Gasteiger partial charge in [-0.25, -0.2) is 0 Å². The maximum absolute atomic E-state index is 12.4. The first-order valence-electron chi connectivity index (χ1n) is 6.71. The summed E-state index contributed by atoms with van der Waals surface area (Å²) in [7, 11) is 1.62. The molecule has 2 rings (SSSR count). The summed E-state index contributed by atoms with van der Waals surface area (Å²) in [5.74, 6) is 0.802. The van der Waals surface area contributed by atoms with Gasteiger partial charge in [-0.3, -0.25) is 9.80 Å². The lowest BCUT2D eigenvalue weighted by molar-refractivity contribution is -0.149. The molecule has 1 saturated heterocycles. The second-order valence-corrected chi connectivity index (χ2v) is 6.04. The Kier molecular flexibility index (Phi) is 5.51. The molecule has 0 bridgehead atoms. The lowest BCUT2D eigenvalue weighted by atomic mass is 10.1. The number of hydrogen-bond acceptors (Lipinski definition) is 3. The zero-order valence-corrected chi connectivity index (χ0v) is 13.4. The first-order chi connectivity index (χ1) is 9.87. The van der Waals surface area contributed by atoms with Crippen LogP contribution in [0.2, 0.25) is 0 Å². The van der Waals surface area contributed by atoms with E-state index >= 15 is 0 Å². The molecule has 0 aromatic heterocycles. The Morgan fingerprint density at radius 3 is 2.33 bits per heavy atom. The van der Waals surface area contributed by atoms with Crippen LogP contribution in [-0.2, 0) is 6.54 Å². The molecule has 0 N–H and O–H groups in total. The lowest BCUT2D eigenvalue weighted by Crippen LogP contribution is -2.48. The van der Waals surface area contributed by atoms with Gasteiger partial charge in [0.1, 0.15) is 5.75 Å². The minimum atomic E-state index is -4.12. The summed E-state index contributed by atoms with van der Waals surface area (Å²) in [6.45, 7) is 2.01. The van der Waals surface area contributed by atoms with Gasteiger partial charge >= 0.3 is 6.18 Å². The second-order valence-electron chi connectivity index (χ2n) is 5.12. The molecule has 1 fully saturated rings. The Labute approximate surface area is 130 Å². The molecule has 118 valence electrons. The van der Waals surface area contributed by atoms with Crippen LogP contribution < -0.4 is 4.74 Å². The van der Waals surface area contributed by atoms with Crippen LogP contribution in [0.15, 0.2) is 22.7 Å². The van der Waals surface area contributed by atoms with E-state index in [-0.39, 0.29) is 0 Å². The number of halogens is 4. The number of nitrogens with zero attached hydrogens (tertiary/aromatic N) is 2. The van der Waals surface area contributed by atoms with Gasteiger partial charge in [0, 0.05) is 42.8 Å². The topological polar surface area (TPSA) is 15.7 Å². The Morgan fingerprint density at radius 2 is 1.76 bits per heavy atom. The fourth-order valence-electron chi connectivity index (χ4n) is 2.47.